The largest absolute Gasteiger partial charge is 0.477 e. The zero-order valence-corrected chi connectivity index (χ0v) is 27.7. The molecule has 5 heterocycles. The normalized spacial score (nSPS) is 16.8. The van der Waals surface area contributed by atoms with Gasteiger partial charge in [-0.25, -0.2) is 23.5 Å². The molecule has 1 unspecified atom stereocenters. The molecule has 1 saturated heterocycles. The Morgan fingerprint density at radius 1 is 1.08 bits per heavy atom. The molecule has 254 valence electrons. The van der Waals surface area contributed by atoms with Gasteiger partial charge in [0.05, 0.1) is 28.6 Å². The summed E-state index contributed by atoms with van der Waals surface area (Å²) in [4.78, 5) is 40.1. The van der Waals surface area contributed by atoms with Crippen LogP contribution >= 0.6 is 0 Å². The number of halogens is 2. The molecule has 1 aliphatic rings. The summed E-state index contributed by atoms with van der Waals surface area (Å²) in [6, 6.07) is 2.77. The second-order valence-electron chi connectivity index (χ2n) is 12.9. The van der Waals surface area contributed by atoms with E-state index in [1.54, 1.807) is 39.7 Å². The number of carboxylic acid groups (broad SMARTS) is 1. The smallest absolute Gasteiger partial charge is 0.341 e. The molecule has 0 amide bonds. The van der Waals surface area contributed by atoms with Gasteiger partial charge in [0.2, 0.25) is 5.43 Å². The van der Waals surface area contributed by atoms with Crippen molar-refractivity contribution in [1.29, 1.82) is 0 Å². The van der Waals surface area contributed by atoms with Crippen molar-refractivity contribution in [3.05, 3.63) is 63.7 Å². The van der Waals surface area contributed by atoms with Crippen molar-refractivity contribution >= 4 is 44.6 Å². The fourth-order valence-corrected chi connectivity index (χ4v) is 7.26. The van der Waals surface area contributed by atoms with E-state index < -0.39 is 23.0 Å². The van der Waals surface area contributed by atoms with Crippen LogP contribution in [0.4, 0.5) is 14.5 Å². The second kappa shape index (κ2) is 14.4. The summed E-state index contributed by atoms with van der Waals surface area (Å²) >= 11 is 0. The Kier molecular flexibility index (Phi) is 10.0. The number of carboxylic acids is 1. The van der Waals surface area contributed by atoms with Gasteiger partial charge in [0, 0.05) is 68.9 Å². The number of aromatic amines is 1. The van der Waals surface area contributed by atoms with Crippen LogP contribution < -0.4 is 10.7 Å². The van der Waals surface area contributed by atoms with Crippen molar-refractivity contribution in [2.24, 2.45) is 13.0 Å². The Morgan fingerprint density at radius 3 is 2.62 bits per heavy atom. The van der Waals surface area contributed by atoms with Crippen LogP contribution in [0, 0.1) is 17.6 Å². The standard InChI is InChI=1S/C36H42F2N6O4/c1-39-28-17-27(37)31(38)30-29-23(15-21-9-6-4-5-7-11-44(12-8-10-21)13-14-48-3)25(19-40-34(29)42-32(28)30)22-16-24-33(45)26(36(46)47)20-43(2)35(24)41-18-22/h16-21,39H,4-15H2,1-3H3,(H,40,42)(H,46,47). The summed E-state index contributed by atoms with van der Waals surface area (Å²) in [6.45, 7) is 3.59. The Balaban J connectivity index is 1.52. The third kappa shape index (κ3) is 6.51. The maximum Gasteiger partial charge on any atom is 0.341 e. The lowest BCUT2D eigenvalue weighted by Gasteiger charge is -2.23. The van der Waals surface area contributed by atoms with Gasteiger partial charge < -0.3 is 29.6 Å². The van der Waals surface area contributed by atoms with Crippen LogP contribution in [0.3, 0.4) is 0 Å². The number of hydrogen-bond acceptors (Lipinski definition) is 7. The number of aromatic nitrogens is 4. The summed E-state index contributed by atoms with van der Waals surface area (Å²) in [7, 11) is 5.02. The molecule has 6 rings (SSSR count). The number of ether oxygens (including phenoxy) is 1. The summed E-state index contributed by atoms with van der Waals surface area (Å²) in [5.74, 6) is -2.99. The Morgan fingerprint density at radius 2 is 1.85 bits per heavy atom. The van der Waals surface area contributed by atoms with E-state index >= 15 is 8.78 Å². The van der Waals surface area contributed by atoms with Crippen molar-refractivity contribution in [3.8, 4) is 11.1 Å². The lowest BCUT2D eigenvalue weighted by molar-refractivity contribution is 0.0695. The number of nitrogens with one attached hydrogen (secondary N) is 2. The van der Waals surface area contributed by atoms with Gasteiger partial charge in [-0.3, -0.25) is 4.79 Å². The maximum atomic E-state index is 15.8. The van der Waals surface area contributed by atoms with Crippen LogP contribution in [-0.4, -0.2) is 75.9 Å². The van der Waals surface area contributed by atoms with Crippen molar-refractivity contribution in [2.75, 3.05) is 45.7 Å². The highest BCUT2D eigenvalue weighted by molar-refractivity contribution is 6.13. The molecule has 12 heteroatoms. The Hall–Kier alpha value is -4.42. The van der Waals surface area contributed by atoms with Crippen LogP contribution in [0.1, 0.15) is 60.9 Å². The molecule has 48 heavy (non-hydrogen) atoms. The van der Waals surface area contributed by atoms with Crippen LogP contribution in [0.15, 0.2) is 35.5 Å². The number of aryl methyl sites for hydroxylation is 1. The van der Waals surface area contributed by atoms with Crippen molar-refractivity contribution in [3.63, 3.8) is 0 Å². The quantitative estimate of drug-likeness (QED) is 0.172. The molecule has 1 atom stereocenters. The van der Waals surface area contributed by atoms with Gasteiger partial charge in [-0.05, 0) is 56.3 Å². The fraction of sp³-hybridized carbons (Fsp3) is 0.444. The number of fused-ring (bicyclic) bond motifs is 4. The number of methoxy groups -OCH3 is 1. The highest BCUT2D eigenvalue weighted by Crippen LogP contribution is 2.40. The van der Waals surface area contributed by atoms with Crippen LogP contribution in [-0.2, 0) is 18.2 Å². The number of aromatic carboxylic acids is 1. The Labute approximate surface area is 277 Å². The molecule has 5 aromatic rings. The van der Waals surface area contributed by atoms with E-state index in [2.05, 4.69) is 25.2 Å². The van der Waals surface area contributed by atoms with Crippen molar-refractivity contribution in [1.82, 2.24) is 24.4 Å². The summed E-state index contributed by atoms with van der Waals surface area (Å²) < 4.78 is 37.8. The molecule has 0 spiro atoms. The lowest BCUT2D eigenvalue weighted by Crippen LogP contribution is -2.29. The molecule has 0 bridgehead atoms. The minimum Gasteiger partial charge on any atom is -0.477 e. The number of nitrogens with zero attached hydrogens (tertiary/aromatic N) is 4. The molecule has 0 saturated carbocycles. The van der Waals surface area contributed by atoms with E-state index in [9.17, 15) is 14.7 Å². The maximum absolute atomic E-state index is 15.8. The molecule has 1 fully saturated rings. The minimum atomic E-state index is -1.32. The second-order valence-corrected chi connectivity index (χ2v) is 12.9. The van der Waals surface area contributed by atoms with E-state index in [0.717, 1.165) is 76.2 Å². The third-order valence-electron chi connectivity index (χ3n) is 9.75. The van der Waals surface area contributed by atoms with Gasteiger partial charge >= 0.3 is 5.97 Å². The van der Waals surface area contributed by atoms with Gasteiger partial charge in [-0.15, -0.1) is 0 Å². The molecule has 1 aliphatic heterocycles. The van der Waals surface area contributed by atoms with E-state index in [4.69, 9.17) is 4.74 Å². The number of benzene rings is 1. The SMILES string of the molecule is CNc1cc(F)c(F)c2c1[nH]c1ncc(-c3cnc4c(c3)c(=O)c(C(=O)O)cn4C)c(CC3CCCCCCN(CCOC)CCC3)c12. The molecule has 4 aromatic heterocycles. The van der Waals surface area contributed by atoms with Crippen molar-refractivity contribution in [2.45, 2.75) is 51.4 Å². The topological polar surface area (TPSA) is 125 Å². The average Bonchev–Trinajstić information content (AvgIpc) is 3.46. The molecule has 0 radical (unpaired) electrons. The van der Waals surface area contributed by atoms with Gasteiger partial charge in [-0.1, -0.05) is 25.7 Å². The predicted octanol–water partition coefficient (Wildman–Crippen LogP) is 6.50. The minimum absolute atomic E-state index is 0.124. The molecular weight excluding hydrogens is 618 g/mol. The molecule has 1 aromatic carbocycles. The van der Waals surface area contributed by atoms with Crippen molar-refractivity contribution < 1.29 is 23.4 Å². The number of pyridine rings is 3. The van der Waals surface area contributed by atoms with Crippen LogP contribution in [0.25, 0.3) is 44.1 Å². The first-order valence-corrected chi connectivity index (χ1v) is 16.6. The van der Waals surface area contributed by atoms with E-state index in [1.807, 2.05) is 0 Å². The zero-order chi connectivity index (χ0) is 33.9. The first-order valence-electron chi connectivity index (χ1n) is 16.6. The monoisotopic (exact) mass is 660 g/mol. The molecular formula is C36H42F2N6O4. The molecule has 0 aliphatic carbocycles. The highest BCUT2D eigenvalue weighted by Gasteiger charge is 2.25. The fourth-order valence-electron chi connectivity index (χ4n) is 7.26. The zero-order valence-electron chi connectivity index (χ0n) is 27.7. The molecule has 3 N–H and O–H groups in total. The predicted molar refractivity (Wildman–Crippen MR) is 184 cm³/mol. The van der Waals surface area contributed by atoms with Crippen LogP contribution in [0.5, 0.6) is 0 Å². The average molecular weight is 661 g/mol. The first kappa shape index (κ1) is 33.5. The molecule has 10 nitrogen and oxygen atoms in total. The van der Waals surface area contributed by atoms with Gasteiger partial charge in [-0.2, -0.15) is 0 Å². The first-order chi connectivity index (χ1) is 23.2. The number of anilines is 1. The number of H-pyrrole nitrogens is 1. The lowest BCUT2D eigenvalue weighted by atomic mass is 9.85. The van der Waals surface area contributed by atoms with E-state index in [0.29, 0.717) is 52.0 Å². The van der Waals surface area contributed by atoms with E-state index in [-0.39, 0.29) is 22.3 Å². The summed E-state index contributed by atoms with van der Waals surface area (Å²) in [5.41, 5.74) is 2.60. The summed E-state index contributed by atoms with van der Waals surface area (Å²) in [6.07, 6.45) is 12.6. The van der Waals surface area contributed by atoms with E-state index in [1.165, 1.54) is 10.8 Å². The third-order valence-corrected chi connectivity index (χ3v) is 9.75. The van der Waals surface area contributed by atoms with Gasteiger partial charge in [0.1, 0.15) is 16.9 Å². The Bertz CT molecular complexity index is 2040. The van der Waals surface area contributed by atoms with Crippen LogP contribution in [0.2, 0.25) is 0 Å². The highest BCUT2D eigenvalue weighted by atomic mass is 19.2. The number of hydrogen-bond donors (Lipinski definition) is 3. The van der Waals surface area contributed by atoms with Gasteiger partial charge in [0.15, 0.2) is 11.6 Å². The number of rotatable bonds is 8. The number of carbonyl (C=O) groups is 1. The van der Waals surface area contributed by atoms with Gasteiger partial charge in [0.25, 0.3) is 0 Å². The summed E-state index contributed by atoms with van der Waals surface area (Å²) in [5, 5.41) is 13.4.